The van der Waals surface area contributed by atoms with E-state index in [1.807, 2.05) is 60.6 Å². The van der Waals surface area contributed by atoms with Crippen molar-refractivity contribution >= 4 is 63.6 Å². The SMILES string of the molecule is C=CC(=O)N1CCN(c2nc(OC[C@H]3CCCN3CCCCNC(=O)CN3C[C@@H](CC)N(CC(=O)O)C[C@@H](CC)N(CC(=O)O)C[C@@H](CC)N(CC(=O)[O-])C[C@H]3CC)nc3c2CCN(c2cccc4cccc(Cl)c24)C3)C[C@H]1CC#N. The second-order valence-corrected chi connectivity index (χ2v) is 22.5. The second-order valence-electron chi connectivity index (χ2n) is 22.1. The number of carbonyl (C=O) groups excluding carboxylic acids is 3. The number of nitrogens with one attached hydrogen (secondary N) is 1. The van der Waals surface area contributed by atoms with E-state index in [0.717, 1.165) is 72.3 Å². The summed E-state index contributed by atoms with van der Waals surface area (Å²) in [6, 6.07) is 13.2. The average molecular weight is 1140 g/mol. The highest BCUT2D eigenvalue weighted by Gasteiger charge is 2.37. The fraction of sp³-hybridized carbons (Fsp3) is 0.627. The third-order valence-corrected chi connectivity index (χ3v) is 17.3. The van der Waals surface area contributed by atoms with Gasteiger partial charge < -0.3 is 44.9 Å². The van der Waals surface area contributed by atoms with Gasteiger partial charge in [-0.25, -0.2) is 0 Å². The lowest BCUT2D eigenvalue weighted by molar-refractivity contribution is -0.307. The first-order valence-corrected chi connectivity index (χ1v) is 29.6. The number of fused-ring (bicyclic) bond motifs is 2. The summed E-state index contributed by atoms with van der Waals surface area (Å²) in [6.07, 6.45) is 7.90. The molecule has 1 aromatic heterocycles. The fourth-order valence-corrected chi connectivity index (χ4v) is 12.9. The zero-order chi connectivity index (χ0) is 58.2. The molecular weight excluding hydrogens is 1060 g/mol. The summed E-state index contributed by atoms with van der Waals surface area (Å²) in [7, 11) is 0. The van der Waals surface area contributed by atoms with E-state index in [2.05, 4.69) is 55.8 Å². The van der Waals surface area contributed by atoms with Crippen LogP contribution in [0.15, 0.2) is 49.1 Å². The molecule has 0 radical (unpaired) electrons. The van der Waals surface area contributed by atoms with Crippen molar-refractivity contribution in [3.63, 3.8) is 0 Å². The van der Waals surface area contributed by atoms with E-state index in [9.17, 15) is 44.6 Å². The molecule has 0 spiro atoms. The molecule has 4 aliphatic heterocycles. The second kappa shape index (κ2) is 30.2. The van der Waals surface area contributed by atoms with E-state index < -0.39 is 17.9 Å². The summed E-state index contributed by atoms with van der Waals surface area (Å²) in [6.45, 7) is 17.1. The lowest BCUT2D eigenvalue weighted by atomic mass is 10.0. The smallest absolute Gasteiger partial charge is 0.318 e. The van der Waals surface area contributed by atoms with Crippen LogP contribution in [-0.2, 0) is 36.9 Å². The van der Waals surface area contributed by atoms with Gasteiger partial charge in [0, 0.05) is 112 Å². The van der Waals surface area contributed by atoms with Crippen molar-refractivity contribution in [1.29, 1.82) is 5.26 Å². The van der Waals surface area contributed by atoms with Crippen molar-refractivity contribution in [2.75, 3.05) is 115 Å². The van der Waals surface area contributed by atoms with Crippen LogP contribution in [0.1, 0.15) is 96.7 Å². The molecule has 2 amide bonds. The number of carboxylic acids is 3. The number of carboxylic acid groups (broad SMARTS) is 3. The molecule has 442 valence electrons. The summed E-state index contributed by atoms with van der Waals surface area (Å²) in [5, 5.41) is 48.0. The minimum atomic E-state index is -1.24. The van der Waals surface area contributed by atoms with Crippen molar-refractivity contribution in [1.82, 2.24) is 44.7 Å². The van der Waals surface area contributed by atoms with Gasteiger partial charge in [-0.05, 0) is 94.5 Å². The largest absolute Gasteiger partial charge is 0.549 e. The van der Waals surface area contributed by atoms with Crippen molar-refractivity contribution < 1.29 is 44.0 Å². The van der Waals surface area contributed by atoms with Crippen molar-refractivity contribution in [2.24, 2.45) is 0 Å². The van der Waals surface area contributed by atoms with Gasteiger partial charge >= 0.3 is 17.9 Å². The van der Waals surface area contributed by atoms with Gasteiger partial charge in [-0.2, -0.15) is 15.2 Å². The lowest BCUT2D eigenvalue weighted by Gasteiger charge is -2.45. The monoisotopic (exact) mass is 1140 g/mol. The van der Waals surface area contributed by atoms with Crippen LogP contribution < -0.4 is 25.0 Å². The first-order chi connectivity index (χ1) is 39.1. The maximum Gasteiger partial charge on any atom is 0.318 e. The number of aliphatic carboxylic acids is 3. The number of likely N-dealkylation sites (tertiary alicyclic amines) is 1. The first kappa shape index (κ1) is 62.5. The number of hydrogen-bond donors (Lipinski definition) is 3. The number of ether oxygens (including phenoxy) is 1. The van der Waals surface area contributed by atoms with E-state index >= 15 is 0 Å². The Morgan fingerprint density at radius 3 is 1.98 bits per heavy atom. The first-order valence-electron chi connectivity index (χ1n) is 29.2. The summed E-state index contributed by atoms with van der Waals surface area (Å²) >= 11 is 6.82. The van der Waals surface area contributed by atoms with Crippen molar-refractivity contribution in [2.45, 2.75) is 135 Å². The molecule has 5 heterocycles. The van der Waals surface area contributed by atoms with E-state index in [-0.39, 0.29) is 93.2 Å². The quantitative estimate of drug-likeness (QED) is 0.0849. The molecule has 2 aromatic carbocycles. The molecule has 21 nitrogen and oxygen atoms in total. The Balaban J connectivity index is 1.01. The Morgan fingerprint density at radius 2 is 1.38 bits per heavy atom. The van der Waals surface area contributed by atoms with Crippen LogP contribution in [0.25, 0.3) is 10.8 Å². The predicted molar refractivity (Wildman–Crippen MR) is 309 cm³/mol. The van der Waals surface area contributed by atoms with Crippen molar-refractivity contribution in [3.05, 3.63) is 65.3 Å². The van der Waals surface area contributed by atoms with Crippen LogP contribution in [-0.4, -0.2) is 220 Å². The van der Waals surface area contributed by atoms with Gasteiger partial charge in [-0.3, -0.25) is 43.7 Å². The van der Waals surface area contributed by atoms with E-state index in [1.165, 1.54) is 6.08 Å². The summed E-state index contributed by atoms with van der Waals surface area (Å²) < 4.78 is 6.59. The number of rotatable bonds is 24. The highest BCUT2D eigenvalue weighted by Crippen LogP contribution is 2.38. The maximum absolute atomic E-state index is 14.0. The number of nitriles is 1. The topological polar surface area (TPSA) is 246 Å². The van der Waals surface area contributed by atoms with Crippen molar-refractivity contribution in [3.8, 4) is 12.1 Å². The molecule has 0 aliphatic carbocycles. The Hall–Kier alpha value is -6.15. The van der Waals surface area contributed by atoms with Crippen LogP contribution in [0.5, 0.6) is 6.01 Å². The molecule has 3 N–H and O–H groups in total. The molecule has 7 rings (SSSR count). The Morgan fingerprint density at radius 1 is 0.765 bits per heavy atom. The number of hydrogen-bond acceptors (Lipinski definition) is 17. The molecule has 3 fully saturated rings. The number of carbonyl (C=O) groups is 5. The van der Waals surface area contributed by atoms with Gasteiger partial charge in [0.05, 0.1) is 61.4 Å². The maximum atomic E-state index is 14.0. The minimum Gasteiger partial charge on any atom is -0.549 e. The van der Waals surface area contributed by atoms with E-state index in [1.54, 1.807) is 4.90 Å². The molecule has 0 unspecified atom stereocenters. The third-order valence-electron chi connectivity index (χ3n) is 16.9. The predicted octanol–water partition coefficient (Wildman–Crippen LogP) is 3.96. The number of anilines is 2. The van der Waals surface area contributed by atoms with Crippen LogP contribution >= 0.6 is 11.6 Å². The summed E-state index contributed by atoms with van der Waals surface area (Å²) in [5.41, 5.74) is 2.91. The van der Waals surface area contributed by atoms with Crippen LogP contribution in [0, 0.1) is 11.3 Å². The fourth-order valence-electron chi connectivity index (χ4n) is 12.6. The molecular formula is C59H84ClN12O9-. The number of halogens is 1. The molecule has 6 atom stereocenters. The molecule has 0 bridgehead atoms. The zero-order valence-corrected chi connectivity index (χ0v) is 48.6. The lowest BCUT2D eigenvalue weighted by Crippen LogP contribution is -2.60. The number of amides is 2. The number of aromatic nitrogens is 2. The standard InChI is InChI=1S/C59H85ClN12O9/c1-6-42-31-69(37-54(75)76)44(8-3)33-71(39-56(79)80)45(9-4)32-70(38-55(77)78)43(7-2)30-68(42)36-52(73)62-24-11-12-25-65-26-15-18-47(65)40-81-59-63-50-35-66(51-20-14-17-41-16-13-19-49(60)57(41)51)27-22-48(50)58(64-59)67-28-29-72(53(74)10-5)46(34-67)21-23-61/h10,13-14,16-17,19-20,42-47H,5-9,11-12,15,18,21-22,24-40H2,1-4H3,(H,62,73)(H,75,76)(H,77,78)(H,79,80)/p-1/t42-,43-,44-,45-,46-,47-/m1/s1. The number of piperazine rings is 1. The van der Waals surface area contributed by atoms with E-state index in [4.69, 9.17) is 26.3 Å². The number of unbranched alkanes of at least 4 members (excludes halogenated alkanes) is 1. The van der Waals surface area contributed by atoms with Gasteiger partial charge in [-0.1, -0.05) is 70.1 Å². The van der Waals surface area contributed by atoms with Gasteiger partial charge in [0.25, 0.3) is 0 Å². The van der Waals surface area contributed by atoms with Gasteiger partial charge in [0.15, 0.2) is 0 Å². The summed E-state index contributed by atoms with van der Waals surface area (Å²) in [5.74, 6) is -2.86. The zero-order valence-electron chi connectivity index (χ0n) is 47.9. The van der Waals surface area contributed by atoms with Crippen LogP contribution in [0.3, 0.4) is 0 Å². The molecule has 3 saturated heterocycles. The normalized spacial score (nSPS) is 23.0. The molecule has 3 aromatic rings. The van der Waals surface area contributed by atoms with Gasteiger partial charge in [-0.15, -0.1) is 0 Å². The Labute approximate surface area is 482 Å². The molecule has 0 saturated carbocycles. The number of nitrogens with zero attached hydrogens (tertiary/aromatic N) is 11. The minimum absolute atomic E-state index is 0.0351. The highest BCUT2D eigenvalue weighted by atomic mass is 35.5. The highest BCUT2D eigenvalue weighted by molar-refractivity contribution is 6.36. The van der Waals surface area contributed by atoms with Crippen LogP contribution in [0.4, 0.5) is 11.5 Å². The average Bonchev–Trinajstić information content (AvgIpc) is 3.93. The van der Waals surface area contributed by atoms with Crippen LogP contribution in [0.2, 0.25) is 5.02 Å². The number of benzene rings is 2. The Kier molecular flexibility index (Phi) is 23.3. The van der Waals surface area contributed by atoms with E-state index in [0.29, 0.717) is 103 Å². The van der Waals surface area contributed by atoms with Gasteiger partial charge in [0.2, 0.25) is 11.8 Å². The third kappa shape index (κ3) is 16.5. The van der Waals surface area contributed by atoms with Gasteiger partial charge in [0.1, 0.15) is 12.4 Å². The molecule has 81 heavy (non-hydrogen) atoms. The molecule has 4 aliphatic rings. The summed E-state index contributed by atoms with van der Waals surface area (Å²) in [4.78, 5) is 90.1. The Bertz CT molecular complexity index is 2680. The molecule has 22 heteroatoms.